The number of nitrogens with two attached hydrogens (primary N) is 1. The van der Waals surface area contributed by atoms with Crippen LogP contribution in [0.5, 0.6) is 0 Å². The van der Waals surface area contributed by atoms with Gasteiger partial charge in [0.2, 0.25) is 0 Å². The zero-order valence-electron chi connectivity index (χ0n) is 9.95. The third kappa shape index (κ3) is 2.41. The van der Waals surface area contributed by atoms with Crippen molar-refractivity contribution < 1.29 is 4.74 Å². The van der Waals surface area contributed by atoms with Crippen molar-refractivity contribution in [3.8, 4) is 0 Å². The lowest BCUT2D eigenvalue weighted by molar-refractivity contribution is 0.206. The molecule has 15 heavy (non-hydrogen) atoms. The lowest BCUT2D eigenvalue weighted by Crippen LogP contribution is -2.25. The van der Waals surface area contributed by atoms with Gasteiger partial charge in [-0.2, -0.15) is 5.10 Å². The van der Waals surface area contributed by atoms with Crippen molar-refractivity contribution in [2.45, 2.75) is 20.4 Å². The number of methoxy groups -OCH3 is 1. The molecule has 0 atom stereocenters. The third-order valence-electron chi connectivity index (χ3n) is 2.44. The maximum Gasteiger partial charge on any atom is 0.150 e. The van der Waals surface area contributed by atoms with Gasteiger partial charge in [0.1, 0.15) is 5.82 Å². The Labute approximate surface area is 90.8 Å². The topological polar surface area (TPSA) is 56.3 Å². The summed E-state index contributed by atoms with van der Waals surface area (Å²) in [6.07, 6.45) is 0. The molecule has 1 aromatic heterocycles. The van der Waals surface area contributed by atoms with Gasteiger partial charge in [-0.1, -0.05) is 0 Å². The molecule has 5 heteroatoms. The van der Waals surface area contributed by atoms with E-state index >= 15 is 0 Å². The van der Waals surface area contributed by atoms with Gasteiger partial charge in [0.15, 0.2) is 0 Å². The minimum absolute atomic E-state index is 0.684. The second-order valence-electron chi connectivity index (χ2n) is 3.55. The Morgan fingerprint density at radius 1 is 1.53 bits per heavy atom. The van der Waals surface area contributed by atoms with Gasteiger partial charge in [-0.15, -0.1) is 0 Å². The van der Waals surface area contributed by atoms with E-state index in [0.29, 0.717) is 6.61 Å². The highest BCUT2D eigenvalue weighted by molar-refractivity contribution is 5.65. The normalized spacial score (nSPS) is 10.7. The monoisotopic (exact) mass is 212 g/mol. The molecule has 1 aromatic rings. The van der Waals surface area contributed by atoms with E-state index in [1.807, 2.05) is 18.7 Å². The maximum absolute atomic E-state index is 5.99. The lowest BCUT2D eigenvalue weighted by atomic mass is 10.3. The first-order chi connectivity index (χ1) is 7.11. The Balaban J connectivity index is 2.90. The molecular weight excluding hydrogens is 192 g/mol. The van der Waals surface area contributed by atoms with Gasteiger partial charge >= 0.3 is 0 Å². The number of hydrogen-bond donors (Lipinski definition) is 1. The summed E-state index contributed by atoms with van der Waals surface area (Å²) in [4.78, 5) is 2.07. The molecule has 1 rings (SSSR count). The van der Waals surface area contributed by atoms with Crippen LogP contribution >= 0.6 is 0 Å². The summed E-state index contributed by atoms with van der Waals surface area (Å²) in [5.41, 5.74) is 7.63. The Bertz CT molecular complexity index is 321. The highest BCUT2D eigenvalue weighted by atomic mass is 16.5. The standard InChI is InChI=1S/C10H20N4O/c1-5-14-10(9(11)8(2)12-14)13(3)6-7-15-4/h5-7,11H2,1-4H3. The average molecular weight is 212 g/mol. The highest BCUT2D eigenvalue weighted by Crippen LogP contribution is 2.25. The average Bonchev–Trinajstić information content (AvgIpc) is 2.51. The van der Waals surface area contributed by atoms with Gasteiger partial charge in [0.25, 0.3) is 0 Å². The molecule has 0 radical (unpaired) electrons. The van der Waals surface area contributed by atoms with Crippen molar-refractivity contribution >= 4 is 11.5 Å². The zero-order valence-corrected chi connectivity index (χ0v) is 9.95. The summed E-state index contributed by atoms with van der Waals surface area (Å²) >= 11 is 0. The van der Waals surface area contributed by atoms with Crippen molar-refractivity contribution in [3.63, 3.8) is 0 Å². The summed E-state index contributed by atoms with van der Waals surface area (Å²) in [5.74, 6) is 0.979. The zero-order chi connectivity index (χ0) is 11.4. The van der Waals surface area contributed by atoms with E-state index in [9.17, 15) is 0 Å². The second kappa shape index (κ2) is 5.02. The summed E-state index contributed by atoms with van der Waals surface area (Å²) in [5, 5.41) is 4.37. The molecule has 5 nitrogen and oxygen atoms in total. The smallest absolute Gasteiger partial charge is 0.150 e. The quantitative estimate of drug-likeness (QED) is 0.787. The first-order valence-corrected chi connectivity index (χ1v) is 5.14. The van der Waals surface area contributed by atoms with Crippen LogP contribution in [0, 0.1) is 6.92 Å². The summed E-state index contributed by atoms with van der Waals surface area (Å²) in [6.45, 7) is 6.30. The van der Waals surface area contributed by atoms with Crippen molar-refractivity contribution in [1.82, 2.24) is 9.78 Å². The van der Waals surface area contributed by atoms with Crippen LogP contribution in [0.4, 0.5) is 11.5 Å². The molecule has 2 N–H and O–H groups in total. The number of hydrogen-bond acceptors (Lipinski definition) is 4. The Morgan fingerprint density at radius 2 is 2.20 bits per heavy atom. The van der Waals surface area contributed by atoms with Crippen molar-refractivity contribution in [1.29, 1.82) is 0 Å². The molecule has 0 bridgehead atoms. The summed E-state index contributed by atoms with van der Waals surface area (Å²) in [6, 6.07) is 0. The number of rotatable bonds is 5. The Morgan fingerprint density at radius 3 is 2.73 bits per heavy atom. The highest BCUT2D eigenvalue weighted by Gasteiger charge is 2.14. The van der Waals surface area contributed by atoms with Gasteiger partial charge in [0.05, 0.1) is 18.0 Å². The Hall–Kier alpha value is -1.23. The number of aromatic nitrogens is 2. The number of nitrogen functional groups attached to an aromatic ring is 1. The van der Waals surface area contributed by atoms with Crippen LogP contribution in [0.2, 0.25) is 0 Å². The number of aryl methyl sites for hydroxylation is 2. The second-order valence-corrected chi connectivity index (χ2v) is 3.55. The van der Waals surface area contributed by atoms with Crippen LogP contribution in [0.25, 0.3) is 0 Å². The first kappa shape index (κ1) is 11.8. The molecule has 0 aromatic carbocycles. The summed E-state index contributed by atoms with van der Waals surface area (Å²) in [7, 11) is 3.69. The molecule has 0 amide bonds. The minimum Gasteiger partial charge on any atom is -0.394 e. The van der Waals surface area contributed by atoms with Crippen LogP contribution < -0.4 is 10.6 Å². The van der Waals surface area contributed by atoms with E-state index in [2.05, 4.69) is 16.9 Å². The molecule has 0 saturated carbocycles. The SMILES string of the molecule is CCn1nc(C)c(N)c1N(C)CCOC. The van der Waals surface area contributed by atoms with Crippen LogP contribution in [0.15, 0.2) is 0 Å². The molecular formula is C10H20N4O. The molecule has 0 aliphatic carbocycles. The fourth-order valence-electron chi connectivity index (χ4n) is 1.54. The van der Waals surface area contributed by atoms with Gasteiger partial charge in [0, 0.05) is 27.2 Å². The molecule has 0 aliphatic rings. The van der Waals surface area contributed by atoms with Gasteiger partial charge < -0.3 is 15.4 Å². The van der Waals surface area contributed by atoms with Crippen molar-refractivity contribution in [2.75, 3.05) is 37.9 Å². The van der Waals surface area contributed by atoms with Crippen LogP contribution in [0.3, 0.4) is 0 Å². The molecule has 86 valence electrons. The maximum atomic E-state index is 5.99. The molecule has 0 aliphatic heterocycles. The van der Waals surface area contributed by atoms with E-state index in [4.69, 9.17) is 10.5 Å². The van der Waals surface area contributed by atoms with Crippen LogP contribution in [-0.4, -0.2) is 37.1 Å². The molecule has 1 heterocycles. The van der Waals surface area contributed by atoms with E-state index in [-0.39, 0.29) is 0 Å². The predicted octanol–water partition coefficient (Wildman–Crippen LogP) is 0.876. The molecule has 0 saturated heterocycles. The molecule has 0 unspecified atom stereocenters. The number of ether oxygens (including phenoxy) is 1. The molecule has 0 fully saturated rings. The van der Waals surface area contributed by atoms with Crippen molar-refractivity contribution in [3.05, 3.63) is 5.69 Å². The first-order valence-electron chi connectivity index (χ1n) is 5.14. The predicted molar refractivity (Wildman–Crippen MR) is 62.2 cm³/mol. The fraction of sp³-hybridized carbons (Fsp3) is 0.700. The van der Waals surface area contributed by atoms with Crippen LogP contribution in [-0.2, 0) is 11.3 Å². The van der Waals surface area contributed by atoms with Crippen molar-refractivity contribution in [2.24, 2.45) is 0 Å². The van der Waals surface area contributed by atoms with Gasteiger partial charge in [-0.25, -0.2) is 4.68 Å². The number of likely N-dealkylation sites (N-methyl/N-ethyl adjacent to an activating group) is 1. The number of anilines is 2. The van der Waals surface area contributed by atoms with E-state index in [1.165, 1.54) is 0 Å². The van der Waals surface area contributed by atoms with Gasteiger partial charge in [-0.05, 0) is 13.8 Å². The fourth-order valence-corrected chi connectivity index (χ4v) is 1.54. The minimum atomic E-state index is 0.684. The number of nitrogens with zero attached hydrogens (tertiary/aromatic N) is 3. The largest absolute Gasteiger partial charge is 0.394 e. The molecule has 0 spiro atoms. The van der Waals surface area contributed by atoms with E-state index < -0.39 is 0 Å². The van der Waals surface area contributed by atoms with E-state index in [1.54, 1.807) is 7.11 Å². The third-order valence-corrected chi connectivity index (χ3v) is 2.44. The van der Waals surface area contributed by atoms with E-state index in [0.717, 1.165) is 30.3 Å². The van der Waals surface area contributed by atoms with Gasteiger partial charge in [-0.3, -0.25) is 0 Å². The van der Waals surface area contributed by atoms with Crippen LogP contribution in [0.1, 0.15) is 12.6 Å². The summed E-state index contributed by atoms with van der Waals surface area (Å²) < 4.78 is 6.96. The lowest BCUT2D eigenvalue weighted by Gasteiger charge is -2.20. The Kier molecular flexibility index (Phi) is 3.96.